The van der Waals surface area contributed by atoms with Gasteiger partial charge < -0.3 is 11.1 Å². The molecule has 0 spiro atoms. The Morgan fingerprint density at radius 1 is 1.16 bits per heavy atom. The van der Waals surface area contributed by atoms with E-state index in [0.29, 0.717) is 6.54 Å². The molecule has 2 aromatic rings. The van der Waals surface area contributed by atoms with Crippen LogP contribution in [-0.4, -0.2) is 12.5 Å². The van der Waals surface area contributed by atoms with Gasteiger partial charge in [-0.15, -0.1) is 0 Å². The van der Waals surface area contributed by atoms with Gasteiger partial charge in [0.05, 0.1) is 5.92 Å². The summed E-state index contributed by atoms with van der Waals surface area (Å²) in [5, 5.41) is 3.08. The fourth-order valence-corrected chi connectivity index (χ4v) is 3.52. The van der Waals surface area contributed by atoms with E-state index in [1.54, 1.807) is 0 Å². The molecule has 2 atom stereocenters. The van der Waals surface area contributed by atoms with E-state index in [1.165, 1.54) is 12.1 Å². The summed E-state index contributed by atoms with van der Waals surface area (Å²) in [7, 11) is 0. The largest absolute Gasteiger partial charge is 0.355 e. The number of hydrogen-bond donors (Lipinski definition) is 2. The van der Waals surface area contributed by atoms with E-state index in [9.17, 15) is 9.18 Å². The van der Waals surface area contributed by atoms with Crippen molar-refractivity contribution in [3.63, 3.8) is 0 Å². The molecule has 1 amide bonds. The van der Waals surface area contributed by atoms with E-state index in [1.807, 2.05) is 49.4 Å². The maximum Gasteiger partial charge on any atom is 0.224 e. The number of hydrogen-bond acceptors (Lipinski definition) is 2. The molecule has 4 heteroatoms. The molecule has 1 aliphatic rings. The van der Waals surface area contributed by atoms with Crippen molar-refractivity contribution in [2.75, 3.05) is 6.54 Å². The van der Waals surface area contributed by atoms with Gasteiger partial charge in [0, 0.05) is 18.0 Å². The lowest BCUT2D eigenvalue weighted by Gasteiger charge is -2.43. The molecule has 3 nitrogen and oxygen atoms in total. The molecule has 3 rings (SSSR count). The molecule has 2 aromatic carbocycles. The SMILES string of the molecule is CC(C(=O)NCC1(c2ccc(F)cc2)CCC1)C(N)c1ccccc1. The lowest BCUT2D eigenvalue weighted by molar-refractivity contribution is -0.125. The van der Waals surface area contributed by atoms with Crippen LogP contribution >= 0.6 is 0 Å². The van der Waals surface area contributed by atoms with E-state index in [-0.39, 0.29) is 29.1 Å². The summed E-state index contributed by atoms with van der Waals surface area (Å²) in [5.41, 5.74) is 8.24. The number of nitrogens with one attached hydrogen (secondary N) is 1. The Labute approximate surface area is 148 Å². The second kappa shape index (κ2) is 7.36. The molecule has 1 fully saturated rings. The van der Waals surface area contributed by atoms with Crippen LogP contribution in [0.4, 0.5) is 4.39 Å². The van der Waals surface area contributed by atoms with Crippen molar-refractivity contribution in [1.82, 2.24) is 5.32 Å². The van der Waals surface area contributed by atoms with Crippen molar-refractivity contribution in [3.05, 3.63) is 71.5 Å². The van der Waals surface area contributed by atoms with E-state index in [2.05, 4.69) is 5.32 Å². The molecular formula is C21H25FN2O. The summed E-state index contributed by atoms with van der Waals surface area (Å²) in [6, 6.07) is 16.0. The molecule has 0 bridgehead atoms. The second-order valence-electron chi connectivity index (χ2n) is 7.08. The molecule has 132 valence electrons. The number of carbonyl (C=O) groups excluding carboxylic acids is 1. The number of carbonyl (C=O) groups is 1. The zero-order valence-electron chi connectivity index (χ0n) is 14.5. The Morgan fingerprint density at radius 2 is 1.80 bits per heavy atom. The van der Waals surface area contributed by atoms with Gasteiger partial charge in [0.1, 0.15) is 5.82 Å². The fraction of sp³-hybridized carbons (Fsp3) is 0.381. The maximum absolute atomic E-state index is 13.2. The third-order valence-electron chi connectivity index (χ3n) is 5.50. The van der Waals surface area contributed by atoms with Gasteiger partial charge >= 0.3 is 0 Å². The predicted octanol–water partition coefficient (Wildman–Crippen LogP) is 3.70. The highest BCUT2D eigenvalue weighted by atomic mass is 19.1. The van der Waals surface area contributed by atoms with Gasteiger partial charge in [-0.25, -0.2) is 4.39 Å². The first-order chi connectivity index (χ1) is 12.0. The molecule has 1 aliphatic carbocycles. The quantitative estimate of drug-likeness (QED) is 0.842. The van der Waals surface area contributed by atoms with Crippen molar-refractivity contribution >= 4 is 5.91 Å². The van der Waals surface area contributed by atoms with Crippen LogP contribution in [0.3, 0.4) is 0 Å². The van der Waals surface area contributed by atoms with Crippen LogP contribution in [0.5, 0.6) is 0 Å². The molecule has 0 saturated heterocycles. The van der Waals surface area contributed by atoms with Crippen LogP contribution in [0.25, 0.3) is 0 Å². The monoisotopic (exact) mass is 340 g/mol. The first kappa shape index (κ1) is 17.6. The van der Waals surface area contributed by atoms with Gasteiger partial charge in [0.2, 0.25) is 5.91 Å². The normalized spacial score (nSPS) is 18.0. The van der Waals surface area contributed by atoms with Crippen molar-refractivity contribution in [3.8, 4) is 0 Å². The molecule has 0 radical (unpaired) electrons. The minimum absolute atomic E-state index is 0.0373. The highest BCUT2D eigenvalue weighted by Gasteiger charge is 2.39. The average molecular weight is 340 g/mol. The third-order valence-corrected chi connectivity index (χ3v) is 5.50. The van der Waals surface area contributed by atoms with E-state index >= 15 is 0 Å². The molecule has 2 unspecified atom stereocenters. The molecule has 0 aliphatic heterocycles. The van der Waals surface area contributed by atoms with Gasteiger partial charge in [-0.3, -0.25) is 4.79 Å². The maximum atomic E-state index is 13.2. The Kier molecular flexibility index (Phi) is 5.19. The highest BCUT2D eigenvalue weighted by Crippen LogP contribution is 2.43. The van der Waals surface area contributed by atoms with Crippen LogP contribution in [0.1, 0.15) is 43.4 Å². The summed E-state index contributed by atoms with van der Waals surface area (Å²) in [4.78, 5) is 12.6. The minimum atomic E-state index is -0.329. The number of benzene rings is 2. The summed E-state index contributed by atoms with van der Waals surface area (Å²) in [6.07, 6.45) is 3.16. The number of nitrogens with two attached hydrogens (primary N) is 1. The summed E-state index contributed by atoms with van der Waals surface area (Å²) >= 11 is 0. The standard InChI is InChI=1S/C21H25FN2O/c1-15(19(23)16-6-3-2-4-7-16)20(25)24-14-21(12-5-13-21)17-8-10-18(22)11-9-17/h2-4,6-11,15,19H,5,12-14,23H2,1H3,(H,24,25). The first-order valence-corrected chi connectivity index (χ1v) is 8.86. The molecular weight excluding hydrogens is 315 g/mol. The zero-order valence-corrected chi connectivity index (χ0v) is 14.5. The molecule has 25 heavy (non-hydrogen) atoms. The van der Waals surface area contributed by atoms with E-state index in [0.717, 1.165) is 30.4 Å². The minimum Gasteiger partial charge on any atom is -0.355 e. The summed E-state index contributed by atoms with van der Waals surface area (Å²) in [6.45, 7) is 2.43. The van der Waals surface area contributed by atoms with Crippen LogP contribution < -0.4 is 11.1 Å². The Balaban J connectivity index is 1.63. The molecule has 1 saturated carbocycles. The van der Waals surface area contributed by atoms with Gasteiger partial charge in [0.15, 0.2) is 0 Å². The van der Waals surface area contributed by atoms with Crippen molar-refractivity contribution in [2.24, 2.45) is 11.7 Å². The number of rotatable bonds is 6. The van der Waals surface area contributed by atoms with Crippen molar-refractivity contribution < 1.29 is 9.18 Å². The van der Waals surface area contributed by atoms with Gasteiger partial charge in [-0.2, -0.15) is 0 Å². The lowest BCUT2D eigenvalue weighted by atomic mass is 9.64. The zero-order chi connectivity index (χ0) is 17.9. The van der Waals surface area contributed by atoms with E-state index in [4.69, 9.17) is 5.73 Å². The Hall–Kier alpha value is -2.20. The summed E-state index contributed by atoms with van der Waals surface area (Å²) < 4.78 is 13.2. The Morgan fingerprint density at radius 3 is 2.36 bits per heavy atom. The first-order valence-electron chi connectivity index (χ1n) is 8.86. The van der Waals surface area contributed by atoms with Crippen molar-refractivity contribution in [2.45, 2.75) is 37.6 Å². The predicted molar refractivity (Wildman–Crippen MR) is 97.5 cm³/mol. The second-order valence-corrected chi connectivity index (χ2v) is 7.08. The Bertz CT molecular complexity index is 710. The average Bonchev–Trinajstić information content (AvgIpc) is 2.61. The highest BCUT2D eigenvalue weighted by molar-refractivity contribution is 5.79. The van der Waals surface area contributed by atoms with Crippen LogP contribution in [-0.2, 0) is 10.2 Å². The fourth-order valence-electron chi connectivity index (χ4n) is 3.52. The van der Waals surface area contributed by atoms with Crippen LogP contribution in [0.15, 0.2) is 54.6 Å². The van der Waals surface area contributed by atoms with Gasteiger partial charge in [0.25, 0.3) is 0 Å². The smallest absolute Gasteiger partial charge is 0.224 e. The molecule has 3 N–H and O–H groups in total. The lowest BCUT2D eigenvalue weighted by Crippen LogP contribution is -2.47. The number of halogens is 1. The van der Waals surface area contributed by atoms with Crippen LogP contribution in [0, 0.1) is 11.7 Å². The van der Waals surface area contributed by atoms with Gasteiger partial charge in [-0.05, 0) is 36.1 Å². The van der Waals surface area contributed by atoms with E-state index < -0.39 is 0 Å². The molecule has 0 aromatic heterocycles. The van der Waals surface area contributed by atoms with Crippen LogP contribution in [0.2, 0.25) is 0 Å². The topological polar surface area (TPSA) is 55.1 Å². The van der Waals surface area contributed by atoms with Gasteiger partial charge in [-0.1, -0.05) is 55.8 Å². The third kappa shape index (κ3) is 3.74. The number of amides is 1. The summed E-state index contributed by atoms with van der Waals surface area (Å²) in [5.74, 6) is -0.581. The molecule has 0 heterocycles. The van der Waals surface area contributed by atoms with Crippen molar-refractivity contribution in [1.29, 1.82) is 0 Å².